The predicted molar refractivity (Wildman–Crippen MR) is 101 cm³/mol. The Hall–Kier alpha value is -2.34. The van der Waals surface area contributed by atoms with Gasteiger partial charge in [0.25, 0.3) is 5.91 Å². The molecule has 1 heterocycles. The summed E-state index contributed by atoms with van der Waals surface area (Å²) in [6.07, 6.45) is 0.482. The van der Waals surface area contributed by atoms with Crippen LogP contribution < -0.4 is 4.74 Å². The highest BCUT2D eigenvalue weighted by molar-refractivity contribution is 7.91. The molecule has 0 N–H and O–H groups in total. The number of carbonyl (C=O) groups is 1. The molecule has 2 aromatic carbocycles. The minimum Gasteiger partial charge on any atom is -0.497 e. The average molecular weight is 373 g/mol. The Morgan fingerprint density at radius 3 is 2.42 bits per heavy atom. The highest BCUT2D eigenvalue weighted by Crippen LogP contribution is 2.24. The molecule has 1 fully saturated rings. The maximum absolute atomic E-state index is 13.2. The minimum absolute atomic E-state index is 0.0285. The number of carbonyl (C=O) groups excluding carboxylic acids is 1. The minimum atomic E-state index is -3.08. The quantitative estimate of drug-likeness (QED) is 0.808. The Labute approximate surface area is 154 Å². The first-order chi connectivity index (χ1) is 12.4. The lowest BCUT2D eigenvalue weighted by molar-refractivity contribution is 0.0680. The maximum atomic E-state index is 13.2. The number of amides is 1. The molecule has 1 amide bonds. The summed E-state index contributed by atoms with van der Waals surface area (Å²) in [5.74, 6) is 0.786. The lowest BCUT2D eigenvalue weighted by Gasteiger charge is -2.29. The first kappa shape index (κ1) is 18.5. The topological polar surface area (TPSA) is 63.7 Å². The number of aryl methyl sites for hydroxylation is 1. The molecule has 6 heteroatoms. The van der Waals surface area contributed by atoms with Crippen LogP contribution in [0.15, 0.2) is 48.5 Å². The molecular weight excluding hydrogens is 350 g/mol. The highest BCUT2D eigenvalue weighted by Gasteiger charge is 2.35. The number of methoxy groups -OCH3 is 1. The SMILES string of the molecule is COc1ccc(CN(C(=O)c2ccccc2C)C2CCS(=O)(=O)C2)cc1. The fourth-order valence-electron chi connectivity index (χ4n) is 3.28. The van der Waals surface area contributed by atoms with Crippen molar-refractivity contribution >= 4 is 15.7 Å². The molecule has 5 nitrogen and oxygen atoms in total. The van der Waals surface area contributed by atoms with E-state index in [2.05, 4.69) is 0 Å². The summed E-state index contributed by atoms with van der Waals surface area (Å²) >= 11 is 0. The van der Waals surface area contributed by atoms with Crippen molar-refractivity contribution in [3.63, 3.8) is 0 Å². The van der Waals surface area contributed by atoms with E-state index in [0.29, 0.717) is 18.5 Å². The van der Waals surface area contributed by atoms with Gasteiger partial charge in [-0.25, -0.2) is 8.42 Å². The Balaban J connectivity index is 1.91. The van der Waals surface area contributed by atoms with E-state index in [9.17, 15) is 13.2 Å². The van der Waals surface area contributed by atoms with E-state index in [-0.39, 0.29) is 23.5 Å². The molecule has 1 atom stereocenters. The summed E-state index contributed by atoms with van der Waals surface area (Å²) in [5, 5.41) is 0. The van der Waals surface area contributed by atoms with Crippen molar-refractivity contribution in [2.75, 3.05) is 18.6 Å². The van der Waals surface area contributed by atoms with E-state index in [0.717, 1.165) is 16.9 Å². The number of hydrogen-bond donors (Lipinski definition) is 0. The van der Waals surface area contributed by atoms with Gasteiger partial charge < -0.3 is 9.64 Å². The second-order valence-corrected chi connectivity index (χ2v) is 8.88. The fraction of sp³-hybridized carbons (Fsp3) is 0.350. The Bertz CT molecular complexity index is 890. The number of nitrogens with zero attached hydrogens (tertiary/aromatic N) is 1. The molecule has 0 saturated carbocycles. The highest BCUT2D eigenvalue weighted by atomic mass is 32.2. The fourth-order valence-corrected chi connectivity index (χ4v) is 5.01. The van der Waals surface area contributed by atoms with Crippen molar-refractivity contribution in [2.24, 2.45) is 0 Å². The number of hydrogen-bond acceptors (Lipinski definition) is 4. The van der Waals surface area contributed by atoms with E-state index in [4.69, 9.17) is 4.74 Å². The van der Waals surface area contributed by atoms with Gasteiger partial charge in [-0.15, -0.1) is 0 Å². The molecule has 0 aromatic heterocycles. The normalized spacial score (nSPS) is 18.5. The zero-order chi connectivity index (χ0) is 18.7. The van der Waals surface area contributed by atoms with Gasteiger partial charge in [0.1, 0.15) is 5.75 Å². The number of rotatable bonds is 5. The molecule has 1 aliphatic rings. The van der Waals surface area contributed by atoms with Gasteiger partial charge in [-0.3, -0.25) is 4.79 Å². The van der Waals surface area contributed by atoms with Gasteiger partial charge in [0, 0.05) is 18.2 Å². The van der Waals surface area contributed by atoms with Crippen LogP contribution in [0.1, 0.15) is 27.9 Å². The Kier molecular flexibility index (Phi) is 5.32. The average Bonchev–Trinajstić information content (AvgIpc) is 2.99. The van der Waals surface area contributed by atoms with Crippen molar-refractivity contribution in [3.8, 4) is 5.75 Å². The summed E-state index contributed by atoms with van der Waals surface area (Å²) in [6, 6.07) is 14.6. The third-order valence-electron chi connectivity index (χ3n) is 4.80. The van der Waals surface area contributed by atoms with Crippen LogP contribution in [0.2, 0.25) is 0 Å². The second kappa shape index (κ2) is 7.50. The zero-order valence-corrected chi connectivity index (χ0v) is 15.8. The van der Waals surface area contributed by atoms with Crippen LogP contribution >= 0.6 is 0 Å². The van der Waals surface area contributed by atoms with Crippen molar-refractivity contribution in [3.05, 3.63) is 65.2 Å². The van der Waals surface area contributed by atoms with Crippen LogP contribution in [-0.4, -0.2) is 43.9 Å². The summed E-state index contributed by atoms with van der Waals surface area (Å²) in [6.45, 7) is 2.27. The lowest BCUT2D eigenvalue weighted by Crippen LogP contribution is -2.40. The smallest absolute Gasteiger partial charge is 0.254 e. The zero-order valence-electron chi connectivity index (χ0n) is 15.0. The molecule has 1 aliphatic heterocycles. The van der Waals surface area contributed by atoms with Gasteiger partial charge in [0.2, 0.25) is 0 Å². The van der Waals surface area contributed by atoms with Crippen LogP contribution in [0.5, 0.6) is 5.75 Å². The van der Waals surface area contributed by atoms with E-state index in [1.54, 1.807) is 18.1 Å². The van der Waals surface area contributed by atoms with E-state index < -0.39 is 9.84 Å². The Morgan fingerprint density at radius 2 is 1.85 bits per heavy atom. The van der Waals surface area contributed by atoms with Crippen molar-refractivity contribution in [2.45, 2.75) is 25.9 Å². The summed E-state index contributed by atoms with van der Waals surface area (Å²) < 4.78 is 29.1. The van der Waals surface area contributed by atoms with E-state index in [1.807, 2.05) is 49.4 Å². The molecule has 1 unspecified atom stereocenters. The second-order valence-electron chi connectivity index (χ2n) is 6.65. The van der Waals surface area contributed by atoms with Gasteiger partial charge in [-0.2, -0.15) is 0 Å². The molecule has 0 spiro atoms. The Morgan fingerprint density at radius 1 is 1.15 bits per heavy atom. The monoisotopic (exact) mass is 373 g/mol. The first-order valence-electron chi connectivity index (χ1n) is 8.59. The van der Waals surface area contributed by atoms with Crippen molar-refractivity contribution < 1.29 is 17.9 Å². The van der Waals surface area contributed by atoms with Gasteiger partial charge in [-0.1, -0.05) is 30.3 Å². The number of benzene rings is 2. The van der Waals surface area contributed by atoms with Crippen LogP contribution in [0, 0.1) is 6.92 Å². The van der Waals surface area contributed by atoms with Crippen LogP contribution in [0.4, 0.5) is 0 Å². The van der Waals surface area contributed by atoms with Gasteiger partial charge in [-0.05, 0) is 42.7 Å². The molecule has 138 valence electrons. The lowest BCUT2D eigenvalue weighted by atomic mass is 10.1. The molecule has 0 bridgehead atoms. The van der Waals surface area contributed by atoms with Gasteiger partial charge >= 0.3 is 0 Å². The molecule has 2 aromatic rings. The molecular formula is C20H23NO4S. The number of sulfone groups is 1. The molecule has 1 saturated heterocycles. The van der Waals surface area contributed by atoms with Crippen molar-refractivity contribution in [1.82, 2.24) is 4.90 Å². The van der Waals surface area contributed by atoms with Crippen LogP contribution in [-0.2, 0) is 16.4 Å². The summed E-state index contributed by atoms with van der Waals surface area (Å²) in [4.78, 5) is 14.9. The van der Waals surface area contributed by atoms with Crippen LogP contribution in [0.3, 0.4) is 0 Å². The molecule has 0 aliphatic carbocycles. The van der Waals surface area contributed by atoms with Crippen LogP contribution in [0.25, 0.3) is 0 Å². The third-order valence-corrected chi connectivity index (χ3v) is 6.55. The van der Waals surface area contributed by atoms with Gasteiger partial charge in [0.05, 0.1) is 18.6 Å². The molecule has 0 radical (unpaired) electrons. The summed E-state index contributed by atoms with van der Waals surface area (Å²) in [7, 11) is -1.48. The standard InChI is InChI=1S/C20H23NO4S/c1-15-5-3-4-6-19(15)20(22)21(17-11-12-26(23,24)14-17)13-16-7-9-18(25-2)10-8-16/h3-10,17H,11-14H2,1-2H3. The third kappa shape index (κ3) is 4.07. The molecule has 3 rings (SSSR count). The van der Waals surface area contributed by atoms with E-state index in [1.165, 1.54) is 0 Å². The van der Waals surface area contributed by atoms with Gasteiger partial charge in [0.15, 0.2) is 9.84 Å². The maximum Gasteiger partial charge on any atom is 0.254 e. The number of ether oxygens (including phenoxy) is 1. The predicted octanol–water partition coefficient (Wildman–Crippen LogP) is 2.83. The summed E-state index contributed by atoms with van der Waals surface area (Å²) in [5.41, 5.74) is 2.44. The van der Waals surface area contributed by atoms with Crippen molar-refractivity contribution in [1.29, 1.82) is 0 Å². The van der Waals surface area contributed by atoms with E-state index >= 15 is 0 Å². The molecule has 26 heavy (non-hydrogen) atoms. The first-order valence-corrected chi connectivity index (χ1v) is 10.4. The largest absolute Gasteiger partial charge is 0.497 e.